The first kappa shape index (κ1) is 18.7. The predicted octanol–water partition coefficient (Wildman–Crippen LogP) is 1.81. The number of hydrogen-bond donors (Lipinski definition) is 1. The topological polar surface area (TPSA) is 86.8 Å². The Hall–Kier alpha value is -2.09. The van der Waals surface area contributed by atoms with Gasteiger partial charge in [0.1, 0.15) is 0 Å². The third-order valence-corrected chi connectivity index (χ3v) is 6.70. The molecule has 1 atom stereocenters. The van der Waals surface area contributed by atoms with Gasteiger partial charge in [-0.1, -0.05) is 0 Å². The van der Waals surface area contributed by atoms with Gasteiger partial charge in [0.25, 0.3) is 0 Å². The Morgan fingerprint density at radius 1 is 1.19 bits per heavy atom. The number of rotatable bonds is 3. The summed E-state index contributed by atoms with van der Waals surface area (Å²) in [7, 11) is -3.21. The van der Waals surface area contributed by atoms with E-state index in [0.29, 0.717) is 30.9 Å². The summed E-state index contributed by atoms with van der Waals surface area (Å²) in [6.07, 6.45) is 0.841. The van der Waals surface area contributed by atoms with Crippen molar-refractivity contribution in [3.63, 3.8) is 0 Å². The van der Waals surface area contributed by atoms with Crippen molar-refractivity contribution in [2.24, 2.45) is 5.92 Å². The molecule has 2 aliphatic heterocycles. The molecule has 1 aromatic carbocycles. The molecule has 2 saturated heterocycles. The zero-order chi connectivity index (χ0) is 19.1. The largest absolute Gasteiger partial charge is 0.337 e. The molecule has 2 heterocycles. The third kappa shape index (κ3) is 3.70. The molecule has 3 rings (SSSR count). The van der Waals surface area contributed by atoms with Gasteiger partial charge in [-0.25, -0.2) is 8.42 Å². The smallest absolute Gasteiger partial charge is 0.235 e. The molecule has 0 saturated carbocycles. The molecule has 142 valence electrons. The number of carbonyl (C=O) groups excluding carboxylic acids is 2. The Kier molecular flexibility index (Phi) is 4.72. The average Bonchev–Trinajstić information content (AvgIpc) is 3.10. The van der Waals surface area contributed by atoms with Crippen molar-refractivity contribution < 1.29 is 18.0 Å². The quantitative estimate of drug-likeness (QED) is 0.868. The molecule has 1 N–H and O–H groups in total. The van der Waals surface area contributed by atoms with Gasteiger partial charge < -0.3 is 10.2 Å². The van der Waals surface area contributed by atoms with Crippen molar-refractivity contribution in [3.05, 3.63) is 24.3 Å². The molecule has 2 amide bonds. The molecule has 8 heteroatoms. The minimum Gasteiger partial charge on any atom is -0.337 e. The molecule has 2 fully saturated rings. The van der Waals surface area contributed by atoms with Crippen LogP contribution in [0.5, 0.6) is 0 Å². The number of benzene rings is 1. The van der Waals surface area contributed by atoms with Crippen LogP contribution in [-0.4, -0.2) is 49.5 Å². The lowest BCUT2D eigenvalue weighted by molar-refractivity contribution is -0.131. The SMILES string of the molecule is CC(C)(C)N1C[C@H](C(=O)Nc2ccc(N3CCCS3(=O)=O)cc2)CC1=O. The number of nitrogens with one attached hydrogen (secondary N) is 1. The highest BCUT2D eigenvalue weighted by Gasteiger charge is 2.39. The van der Waals surface area contributed by atoms with Gasteiger partial charge in [-0.05, 0) is 51.5 Å². The maximum Gasteiger partial charge on any atom is 0.235 e. The van der Waals surface area contributed by atoms with E-state index in [-0.39, 0.29) is 35.4 Å². The summed E-state index contributed by atoms with van der Waals surface area (Å²) >= 11 is 0. The van der Waals surface area contributed by atoms with Gasteiger partial charge in [-0.3, -0.25) is 13.9 Å². The molecule has 7 nitrogen and oxygen atoms in total. The fourth-order valence-electron chi connectivity index (χ4n) is 3.42. The van der Waals surface area contributed by atoms with E-state index in [9.17, 15) is 18.0 Å². The summed E-state index contributed by atoms with van der Waals surface area (Å²) in [4.78, 5) is 26.3. The predicted molar refractivity (Wildman–Crippen MR) is 100 cm³/mol. The number of hydrogen-bond acceptors (Lipinski definition) is 4. The summed E-state index contributed by atoms with van der Waals surface area (Å²) in [6.45, 7) is 6.77. The minimum atomic E-state index is -3.21. The molecule has 0 unspecified atom stereocenters. The summed E-state index contributed by atoms with van der Waals surface area (Å²) in [5.74, 6) is -0.398. The van der Waals surface area contributed by atoms with Crippen LogP contribution >= 0.6 is 0 Å². The first-order valence-corrected chi connectivity index (χ1v) is 10.4. The standard InChI is InChI=1S/C18H25N3O4S/c1-18(2,3)20-12-13(11-16(20)22)17(23)19-14-5-7-15(8-6-14)21-9-4-10-26(21,24)25/h5-8,13H,4,9-12H2,1-3H3,(H,19,23)/t13-/m1/s1. The highest BCUT2D eigenvalue weighted by atomic mass is 32.2. The van der Waals surface area contributed by atoms with Crippen molar-refractivity contribution >= 4 is 33.2 Å². The molecular weight excluding hydrogens is 354 g/mol. The van der Waals surface area contributed by atoms with E-state index in [4.69, 9.17) is 0 Å². The molecule has 2 aliphatic rings. The molecule has 0 radical (unpaired) electrons. The van der Waals surface area contributed by atoms with Crippen molar-refractivity contribution in [1.29, 1.82) is 0 Å². The monoisotopic (exact) mass is 379 g/mol. The fourth-order valence-corrected chi connectivity index (χ4v) is 4.98. The van der Waals surface area contributed by atoms with E-state index < -0.39 is 10.0 Å². The Morgan fingerprint density at radius 3 is 2.35 bits per heavy atom. The van der Waals surface area contributed by atoms with Gasteiger partial charge >= 0.3 is 0 Å². The molecular formula is C18H25N3O4S. The zero-order valence-electron chi connectivity index (χ0n) is 15.4. The van der Waals surface area contributed by atoms with Crippen molar-refractivity contribution in [2.75, 3.05) is 28.5 Å². The van der Waals surface area contributed by atoms with Gasteiger partial charge in [0, 0.05) is 30.7 Å². The maximum atomic E-state index is 12.5. The van der Waals surface area contributed by atoms with Crippen LogP contribution in [0.1, 0.15) is 33.6 Å². The van der Waals surface area contributed by atoms with Crippen LogP contribution in [0.4, 0.5) is 11.4 Å². The van der Waals surface area contributed by atoms with Crippen LogP contribution < -0.4 is 9.62 Å². The number of anilines is 2. The average molecular weight is 379 g/mol. The summed E-state index contributed by atoms with van der Waals surface area (Å²) in [6, 6.07) is 6.78. The highest BCUT2D eigenvalue weighted by Crippen LogP contribution is 2.28. The summed E-state index contributed by atoms with van der Waals surface area (Å²) in [5, 5.41) is 2.83. The second-order valence-electron chi connectivity index (χ2n) is 7.85. The molecule has 1 aromatic rings. The van der Waals surface area contributed by atoms with E-state index in [2.05, 4.69) is 5.32 Å². The minimum absolute atomic E-state index is 0.00719. The Morgan fingerprint density at radius 2 is 1.85 bits per heavy atom. The van der Waals surface area contributed by atoms with E-state index in [1.807, 2.05) is 20.8 Å². The first-order chi connectivity index (χ1) is 12.1. The van der Waals surface area contributed by atoms with Gasteiger partial charge in [-0.2, -0.15) is 0 Å². The van der Waals surface area contributed by atoms with E-state index in [1.54, 1.807) is 29.2 Å². The second-order valence-corrected chi connectivity index (χ2v) is 9.87. The van der Waals surface area contributed by atoms with Crippen molar-refractivity contribution in [2.45, 2.75) is 39.2 Å². The van der Waals surface area contributed by atoms with Crippen molar-refractivity contribution in [1.82, 2.24) is 4.90 Å². The van der Waals surface area contributed by atoms with E-state index >= 15 is 0 Å². The molecule has 0 spiro atoms. The summed E-state index contributed by atoms with van der Waals surface area (Å²) < 4.78 is 25.3. The molecule has 26 heavy (non-hydrogen) atoms. The highest BCUT2D eigenvalue weighted by molar-refractivity contribution is 7.93. The normalized spacial score (nSPS) is 22.7. The lowest BCUT2D eigenvalue weighted by Gasteiger charge is -2.31. The molecule has 0 aliphatic carbocycles. The van der Waals surface area contributed by atoms with Gasteiger partial charge in [0.05, 0.1) is 17.4 Å². The fraction of sp³-hybridized carbons (Fsp3) is 0.556. The number of amides is 2. The van der Waals surface area contributed by atoms with Crippen LogP contribution in [0.3, 0.4) is 0 Å². The Bertz CT molecular complexity index is 812. The Labute approximate surface area is 154 Å². The summed E-state index contributed by atoms with van der Waals surface area (Å²) in [5.41, 5.74) is 0.905. The van der Waals surface area contributed by atoms with Crippen LogP contribution in [0.15, 0.2) is 24.3 Å². The van der Waals surface area contributed by atoms with Crippen LogP contribution in [-0.2, 0) is 19.6 Å². The van der Waals surface area contributed by atoms with Crippen molar-refractivity contribution in [3.8, 4) is 0 Å². The number of sulfonamides is 1. The van der Waals surface area contributed by atoms with Crippen LogP contribution in [0.2, 0.25) is 0 Å². The van der Waals surface area contributed by atoms with Gasteiger partial charge in [0.15, 0.2) is 0 Å². The Balaban J connectivity index is 1.65. The number of carbonyl (C=O) groups is 2. The van der Waals surface area contributed by atoms with Crippen LogP contribution in [0.25, 0.3) is 0 Å². The lowest BCUT2D eigenvalue weighted by Crippen LogP contribution is -2.42. The zero-order valence-corrected chi connectivity index (χ0v) is 16.2. The first-order valence-electron chi connectivity index (χ1n) is 8.80. The molecule has 0 aromatic heterocycles. The van der Waals surface area contributed by atoms with E-state index in [1.165, 1.54) is 4.31 Å². The van der Waals surface area contributed by atoms with Gasteiger partial charge in [0.2, 0.25) is 21.8 Å². The second kappa shape index (κ2) is 6.57. The van der Waals surface area contributed by atoms with Gasteiger partial charge in [-0.15, -0.1) is 0 Å². The lowest BCUT2D eigenvalue weighted by atomic mass is 10.1. The molecule has 0 bridgehead atoms. The maximum absolute atomic E-state index is 12.5. The number of likely N-dealkylation sites (tertiary alicyclic amines) is 1. The van der Waals surface area contributed by atoms with Crippen LogP contribution in [0, 0.1) is 5.92 Å². The van der Waals surface area contributed by atoms with E-state index in [0.717, 1.165) is 0 Å². The third-order valence-electron chi connectivity index (χ3n) is 4.83. The number of nitrogens with zero attached hydrogens (tertiary/aromatic N) is 2.